The van der Waals surface area contributed by atoms with E-state index in [9.17, 15) is 4.79 Å². The number of benzene rings is 3. The second-order valence-electron chi connectivity index (χ2n) is 7.24. The second-order valence-corrected chi connectivity index (χ2v) is 7.24. The number of methoxy groups -OCH3 is 4. The molecular formula is C27H28N2O5. The molecule has 0 spiro atoms. The van der Waals surface area contributed by atoms with Crippen molar-refractivity contribution in [1.82, 2.24) is 0 Å². The van der Waals surface area contributed by atoms with E-state index in [1.54, 1.807) is 58.8 Å². The number of nitrogens with one attached hydrogen (secondary N) is 1. The molecule has 1 amide bonds. The standard InChI is InChI=1S/C27H28N2O5/c1-31-22-11-12-23(29-26(30)13-9-18-6-5-7-21(28)14-18)20(17-22)10-8-19-15-24(32-2)27(34-4)25(16-19)33-3/h5-17H,28H2,1-4H3,(H,29,30)/b10-8?,13-9+. The number of ether oxygens (including phenoxy) is 4. The van der Waals surface area contributed by atoms with Gasteiger partial charge in [0.15, 0.2) is 11.5 Å². The lowest BCUT2D eigenvalue weighted by Gasteiger charge is -2.13. The number of carbonyl (C=O) groups excluding carboxylic acids is 1. The summed E-state index contributed by atoms with van der Waals surface area (Å²) in [6, 6.07) is 16.4. The van der Waals surface area contributed by atoms with E-state index in [-0.39, 0.29) is 5.91 Å². The van der Waals surface area contributed by atoms with Crippen molar-refractivity contribution in [3.63, 3.8) is 0 Å². The number of anilines is 2. The van der Waals surface area contributed by atoms with Crippen LogP contribution in [0.5, 0.6) is 23.0 Å². The van der Waals surface area contributed by atoms with E-state index in [2.05, 4.69) is 5.32 Å². The second kappa shape index (κ2) is 11.5. The predicted octanol–water partition coefficient (Wildman–Crippen LogP) is 5.13. The Morgan fingerprint density at radius 1 is 0.794 bits per heavy atom. The van der Waals surface area contributed by atoms with Gasteiger partial charge >= 0.3 is 0 Å². The summed E-state index contributed by atoms with van der Waals surface area (Å²) in [5.41, 5.74) is 9.49. The molecule has 3 rings (SSSR count). The van der Waals surface area contributed by atoms with Gasteiger partial charge in [-0.15, -0.1) is 0 Å². The van der Waals surface area contributed by atoms with Crippen molar-refractivity contribution in [2.24, 2.45) is 0 Å². The van der Waals surface area contributed by atoms with Gasteiger partial charge < -0.3 is 30.0 Å². The zero-order valence-corrected chi connectivity index (χ0v) is 19.6. The fraction of sp³-hybridized carbons (Fsp3) is 0.148. The Balaban J connectivity index is 1.87. The number of amides is 1. The molecule has 0 heterocycles. The molecule has 0 unspecified atom stereocenters. The molecule has 7 heteroatoms. The minimum atomic E-state index is -0.268. The molecule has 0 radical (unpaired) electrons. The lowest BCUT2D eigenvalue weighted by molar-refractivity contribution is -0.111. The summed E-state index contributed by atoms with van der Waals surface area (Å²) in [4.78, 5) is 12.6. The molecule has 0 aliphatic rings. The van der Waals surface area contributed by atoms with Crippen LogP contribution in [-0.2, 0) is 4.79 Å². The Hall–Kier alpha value is -4.39. The third-order valence-corrected chi connectivity index (χ3v) is 5.00. The average Bonchev–Trinajstić information content (AvgIpc) is 2.86. The highest BCUT2D eigenvalue weighted by atomic mass is 16.5. The molecule has 0 aliphatic heterocycles. The maximum Gasteiger partial charge on any atom is 0.248 e. The van der Waals surface area contributed by atoms with Crippen molar-refractivity contribution in [1.29, 1.82) is 0 Å². The van der Waals surface area contributed by atoms with Gasteiger partial charge in [-0.1, -0.05) is 24.3 Å². The molecule has 3 aromatic rings. The summed E-state index contributed by atoms with van der Waals surface area (Å²) < 4.78 is 21.6. The summed E-state index contributed by atoms with van der Waals surface area (Å²) in [5, 5.41) is 2.91. The first-order valence-electron chi connectivity index (χ1n) is 10.5. The summed E-state index contributed by atoms with van der Waals surface area (Å²) >= 11 is 0. The highest BCUT2D eigenvalue weighted by Gasteiger charge is 2.12. The van der Waals surface area contributed by atoms with E-state index in [4.69, 9.17) is 24.7 Å². The molecule has 34 heavy (non-hydrogen) atoms. The van der Waals surface area contributed by atoms with Crippen molar-refractivity contribution < 1.29 is 23.7 Å². The molecular weight excluding hydrogens is 432 g/mol. The van der Waals surface area contributed by atoms with Crippen molar-refractivity contribution in [2.45, 2.75) is 0 Å². The van der Waals surface area contributed by atoms with Gasteiger partial charge in [0.1, 0.15) is 5.75 Å². The van der Waals surface area contributed by atoms with Crippen LogP contribution in [0.3, 0.4) is 0 Å². The Labute approximate surface area is 199 Å². The molecule has 3 aromatic carbocycles. The first-order valence-corrected chi connectivity index (χ1v) is 10.5. The van der Waals surface area contributed by atoms with Crippen LogP contribution in [0.25, 0.3) is 18.2 Å². The topological polar surface area (TPSA) is 92.0 Å². The van der Waals surface area contributed by atoms with Crippen LogP contribution in [0.4, 0.5) is 11.4 Å². The molecule has 0 atom stereocenters. The van der Waals surface area contributed by atoms with Gasteiger partial charge in [-0.2, -0.15) is 0 Å². The normalized spacial score (nSPS) is 10.9. The molecule has 0 bridgehead atoms. The molecule has 3 N–H and O–H groups in total. The van der Waals surface area contributed by atoms with Gasteiger partial charge in [-0.3, -0.25) is 4.79 Å². The van der Waals surface area contributed by atoms with E-state index >= 15 is 0 Å². The van der Waals surface area contributed by atoms with Crippen LogP contribution in [0, 0.1) is 0 Å². The molecule has 0 saturated heterocycles. The van der Waals surface area contributed by atoms with E-state index in [0.29, 0.717) is 34.4 Å². The number of carbonyl (C=O) groups is 1. The van der Waals surface area contributed by atoms with Crippen LogP contribution in [0.15, 0.2) is 60.7 Å². The van der Waals surface area contributed by atoms with Crippen molar-refractivity contribution in [3.05, 3.63) is 77.4 Å². The molecule has 7 nitrogen and oxygen atoms in total. The third-order valence-electron chi connectivity index (χ3n) is 5.00. The van der Waals surface area contributed by atoms with Gasteiger partial charge in [0, 0.05) is 23.0 Å². The van der Waals surface area contributed by atoms with Crippen LogP contribution in [-0.4, -0.2) is 34.3 Å². The zero-order valence-electron chi connectivity index (χ0n) is 19.6. The molecule has 0 aliphatic carbocycles. The quantitative estimate of drug-likeness (QED) is 0.261. The minimum Gasteiger partial charge on any atom is -0.497 e. The maximum absolute atomic E-state index is 12.6. The number of nitrogen functional groups attached to an aromatic ring is 1. The molecule has 0 saturated carbocycles. The first-order chi connectivity index (χ1) is 16.5. The molecule has 176 valence electrons. The Kier molecular flexibility index (Phi) is 8.18. The van der Waals surface area contributed by atoms with Gasteiger partial charge in [0.05, 0.1) is 28.4 Å². The van der Waals surface area contributed by atoms with Crippen LogP contribution in [0.2, 0.25) is 0 Å². The fourth-order valence-corrected chi connectivity index (χ4v) is 3.31. The van der Waals surface area contributed by atoms with E-state index in [0.717, 1.165) is 16.7 Å². The number of hydrogen-bond acceptors (Lipinski definition) is 6. The average molecular weight is 461 g/mol. The highest BCUT2D eigenvalue weighted by Crippen LogP contribution is 2.38. The zero-order chi connectivity index (χ0) is 24.5. The van der Waals surface area contributed by atoms with Crippen LogP contribution < -0.4 is 30.0 Å². The van der Waals surface area contributed by atoms with Crippen LogP contribution >= 0.6 is 0 Å². The number of rotatable bonds is 9. The minimum absolute atomic E-state index is 0.268. The largest absolute Gasteiger partial charge is 0.497 e. The van der Waals surface area contributed by atoms with Crippen molar-refractivity contribution in [2.75, 3.05) is 39.5 Å². The lowest BCUT2D eigenvalue weighted by Crippen LogP contribution is -2.09. The number of hydrogen-bond donors (Lipinski definition) is 2. The van der Waals surface area contributed by atoms with Gasteiger partial charge in [-0.05, 0) is 59.7 Å². The predicted molar refractivity (Wildman–Crippen MR) is 137 cm³/mol. The third kappa shape index (κ3) is 6.10. The van der Waals surface area contributed by atoms with Gasteiger partial charge in [-0.25, -0.2) is 0 Å². The first kappa shape index (κ1) is 24.3. The summed E-state index contributed by atoms with van der Waals surface area (Å²) in [5.74, 6) is 2.01. The SMILES string of the molecule is COc1ccc(NC(=O)/C=C/c2cccc(N)c2)c(C=Cc2cc(OC)c(OC)c(OC)c2)c1. The van der Waals surface area contributed by atoms with Crippen LogP contribution in [0.1, 0.15) is 16.7 Å². The number of nitrogens with two attached hydrogens (primary N) is 1. The van der Waals surface area contributed by atoms with E-state index in [1.807, 2.05) is 42.5 Å². The lowest BCUT2D eigenvalue weighted by atomic mass is 10.1. The van der Waals surface area contributed by atoms with Crippen molar-refractivity contribution >= 4 is 35.5 Å². The highest BCUT2D eigenvalue weighted by molar-refractivity contribution is 6.03. The smallest absolute Gasteiger partial charge is 0.248 e. The molecule has 0 fully saturated rings. The molecule has 0 aromatic heterocycles. The fourth-order valence-electron chi connectivity index (χ4n) is 3.31. The summed E-state index contributed by atoms with van der Waals surface area (Å²) in [6.45, 7) is 0. The Morgan fingerprint density at radius 3 is 2.15 bits per heavy atom. The van der Waals surface area contributed by atoms with Gasteiger partial charge in [0.25, 0.3) is 0 Å². The summed E-state index contributed by atoms with van der Waals surface area (Å²) in [7, 11) is 6.28. The maximum atomic E-state index is 12.6. The van der Waals surface area contributed by atoms with E-state index in [1.165, 1.54) is 6.08 Å². The van der Waals surface area contributed by atoms with Gasteiger partial charge in [0.2, 0.25) is 11.7 Å². The Morgan fingerprint density at radius 2 is 1.53 bits per heavy atom. The van der Waals surface area contributed by atoms with Crippen molar-refractivity contribution in [3.8, 4) is 23.0 Å². The van der Waals surface area contributed by atoms with E-state index < -0.39 is 0 Å². The monoisotopic (exact) mass is 460 g/mol. The Bertz CT molecular complexity index is 1190. The summed E-state index contributed by atoms with van der Waals surface area (Å²) in [6.07, 6.45) is 6.93.